The van der Waals surface area contributed by atoms with Gasteiger partial charge in [-0.05, 0) is 36.2 Å². The summed E-state index contributed by atoms with van der Waals surface area (Å²) in [7, 11) is 1.19. The SMILES string of the molecule is CCn1cc(-c2cc(-c3ccnc(NC(=O)OC)c3)cc(=O)[nH]2)c(C(F)(F)F)n1. The van der Waals surface area contributed by atoms with Crippen molar-refractivity contribution >= 4 is 11.9 Å². The zero-order valence-electron chi connectivity index (χ0n) is 15.4. The molecule has 0 unspecified atom stereocenters. The zero-order valence-corrected chi connectivity index (χ0v) is 15.4. The molecule has 3 aromatic heterocycles. The van der Waals surface area contributed by atoms with Crippen molar-refractivity contribution in [2.45, 2.75) is 19.6 Å². The van der Waals surface area contributed by atoms with Gasteiger partial charge in [-0.1, -0.05) is 0 Å². The predicted molar refractivity (Wildman–Crippen MR) is 98.2 cm³/mol. The highest BCUT2D eigenvalue weighted by Gasteiger charge is 2.37. The number of aromatic nitrogens is 4. The smallest absolute Gasteiger partial charge is 0.435 e. The van der Waals surface area contributed by atoms with Gasteiger partial charge in [-0.25, -0.2) is 9.78 Å². The number of methoxy groups -OCH3 is 1. The maximum absolute atomic E-state index is 13.4. The molecule has 0 fully saturated rings. The van der Waals surface area contributed by atoms with E-state index in [9.17, 15) is 22.8 Å². The van der Waals surface area contributed by atoms with Gasteiger partial charge in [-0.3, -0.25) is 14.8 Å². The average Bonchev–Trinajstić information content (AvgIpc) is 3.13. The first-order valence-electron chi connectivity index (χ1n) is 8.42. The first-order chi connectivity index (χ1) is 13.7. The largest absolute Gasteiger partial charge is 0.453 e. The van der Waals surface area contributed by atoms with E-state index < -0.39 is 23.5 Å². The van der Waals surface area contributed by atoms with Crippen molar-refractivity contribution in [3.8, 4) is 22.4 Å². The number of rotatable bonds is 4. The van der Waals surface area contributed by atoms with Gasteiger partial charge < -0.3 is 9.72 Å². The molecule has 29 heavy (non-hydrogen) atoms. The topological polar surface area (TPSA) is 102 Å². The van der Waals surface area contributed by atoms with Crippen LogP contribution in [-0.4, -0.2) is 33.0 Å². The molecule has 0 aromatic carbocycles. The molecule has 0 aliphatic heterocycles. The summed E-state index contributed by atoms with van der Waals surface area (Å²) in [4.78, 5) is 29.9. The molecular formula is C18H16F3N5O3. The number of aryl methyl sites for hydroxylation is 1. The normalized spacial score (nSPS) is 11.3. The number of carbonyl (C=O) groups excluding carboxylic acids is 1. The molecule has 0 spiro atoms. The van der Waals surface area contributed by atoms with Crippen molar-refractivity contribution in [2.75, 3.05) is 12.4 Å². The van der Waals surface area contributed by atoms with Crippen LogP contribution in [0.5, 0.6) is 0 Å². The quantitative estimate of drug-likeness (QED) is 0.689. The van der Waals surface area contributed by atoms with Gasteiger partial charge in [0.2, 0.25) is 5.56 Å². The summed E-state index contributed by atoms with van der Waals surface area (Å²) in [6, 6.07) is 5.67. The second-order valence-electron chi connectivity index (χ2n) is 5.94. The Hall–Kier alpha value is -3.63. The van der Waals surface area contributed by atoms with Crippen molar-refractivity contribution in [2.24, 2.45) is 0 Å². The molecule has 1 amide bonds. The van der Waals surface area contributed by atoms with E-state index in [-0.39, 0.29) is 23.6 Å². The van der Waals surface area contributed by atoms with Gasteiger partial charge in [-0.2, -0.15) is 18.3 Å². The monoisotopic (exact) mass is 407 g/mol. The number of carbonyl (C=O) groups is 1. The Morgan fingerprint density at radius 2 is 2.03 bits per heavy atom. The number of hydrogen-bond acceptors (Lipinski definition) is 5. The van der Waals surface area contributed by atoms with Crippen LogP contribution >= 0.6 is 0 Å². The van der Waals surface area contributed by atoms with Crippen LogP contribution in [-0.2, 0) is 17.5 Å². The van der Waals surface area contributed by atoms with E-state index in [0.29, 0.717) is 11.1 Å². The van der Waals surface area contributed by atoms with Gasteiger partial charge in [0.05, 0.1) is 12.8 Å². The Labute approximate surface area is 162 Å². The summed E-state index contributed by atoms with van der Waals surface area (Å²) in [6.07, 6.45) is -2.80. The first kappa shape index (κ1) is 20.1. The molecule has 0 aliphatic carbocycles. The minimum atomic E-state index is -4.68. The number of hydrogen-bond donors (Lipinski definition) is 2. The number of nitrogens with one attached hydrogen (secondary N) is 2. The van der Waals surface area contributed by atoms with E-state index in [1.807, 2.05) is 0 Å². The molecule has 152 valence electrons. The fourth-order valence-corrected chi connectivity index (χ4v) is 2.68. The molecule has 3 aromatic rings. The van der Waals surface area contributed by atoms with E-state index >= 15 is 0 Å². The van der Waals surface area contributed by atoms with Gasteiger partial charge >= 0.3 is 12.3 Å². The highest BCUT2D eigenvalue weighted by atomic mass is 19.4. The third kappa shape index (κ3) is 4.45. The number of H-pyrrole nitrogens is 1. The summed E-state index contributed by atoms with van der Waals surface area (Å²) < 4.78 is 45.8. The Bertz CT molecular complexity index is 1100. The minimum absolute atomic E-state index is 0.0289. The van der Waals surface area contributed by atoms with E-state index in [2.05, 4.69) is 25.1 Å². The summed E-state index contributed by atoms with van der Waals surface area (Å²) >= 11 is 0. The zero-order chi connectivity index (χ0) is 21.2. The highest BCUT2D eigenvalue weighted by Crippen LogP contribution is 2.36. The number of pyridine rings is 2. The van der Waals surface area contributed by atoms with Crippen LogP contribution in [0.4, 0.5) is 23.8 Å². The molecule has 2 N–H and O–H groups in total. The van der Waals surface area contributed by atoms with Crippen LogP contribution in [0.25, 0.3) is 22.4 Å². The van der Waals surface area contributed by atoms with Crippen molar-refractivity contribution < 1.29 is 22.7 Å². The number of anilines is 1. The standard InChI is InChI=1S/C18H16F3N5O3/c1-3-26-9-12(16(25-26)18(19,20)21)13-6-11(8-15(27)23-13)10-4-5-22-14(7-10)24-17(28)29-2/h4-9H,3H2,1-2H3,(H,23,27)(H,22,24,28). The summed E-state index contributed by atoms with van der Waals surface area (Å²) in [5, 5.41) is 5.95. The van der Waals surface area contributed by atoms with E-state index in [4.69, 9.17) is 0 Å². The van der Waals surface area contributed by atoms with Crippen molar-refractivity contribution in [3.05, 3.63) is 52.7 Å². The van der Waals surface area contributed by atoms with Crippen LogP contribution in [0.2, 0.25) is 0 Å². The lowest BCUT2D eigenvalue weighted by Crippen LogP contribution is -2.12. The molecule has 3 heterocycles. The van der Waals surface area contributed by atoms with E-state index in [1.165, 1.54) is 37.7 Å². The molecule has 3 rings (SSSR count). The first-order valence-corrected chi connectivity index (χ1v) is 8.42. The molecule has 0 aliphatic rings. The van der Waals surface area contributed by atoms with Gasteiger partial charge in [0.15, 0.2) is 5.69 Å². The van der Waals surface area contributed by atoms with E-state index in [1.54, 1.807) is 13.0 Å². The Morgan fingerprint density at radius 1 is 1.28 bits per heavy atom. The van der Waals surface area contributed by atoms with Crippen molar-refractivity contribution in [3.63, 3.8) is 0 Å². The lowest BCUT2D eigenvalue weighted by molar-refractivity contribution is -0.141. The Morgan fingerprint density at radius 3 is 2.69 bits per heavy atom. The molecule has 0 bridgehead atoms. The van der Waals surface area contributed by atoms with Crippen molar-refractivity contribution in [1.29, 1.82) is 0 Å². The molecule has 0 atom stereocenters. The fraction of sp³-hybridized carbons (Fsp3) is 0.222. The second-order valence-corrected chi connectivity index (χ2v) is 5.94. The Kier molecular flexibility index (Phi) is 5.39. The third-order valence-electron chi connectivity index (χ3n) is 4.00. The summed E-state index contributed by atoms with van der Waals surface area (Å²) in [5.41, 5.74) is -1.13. The Balaban J connectivity index is 2.09. The fourth-order valence-electron chi connectivity index (χ4n) is 2.68. The lowest BCUT2D eigenvalue weighted by Gasteiger charge is -2.09. The maximum atomic E-state index is 13.4. The van der Waals surface area contributed by atoms with Crippen LogP contribution in [0.1, 0.15) is 12.6 Å². The van der Waals surface area contributed by atoms with Gasteiger partial charge in [0.1, 0.15) is 5.82 Å². The molecular weight excluding hydrogens is 391 g/mol. The van der Waals surface area contributed by atoms with Gasteiger partial charge in [0.25, 0.3) is 0 Å². The van der Waals surface area contributed by atoms with Gasteiger partial charge in [-0.15, -0.1) is 0 Å². The predicted octanol–water partition coefficient (Wildman–Crippen LogP) is 3.52. The number of alkyl halides is 3. The number of amides is 1. The lowest BCUT2D eigenvalue weighted by atomic mass is 10.0. The molecule has 8 nitrogen and oxygen atoms in total. The third-order valence-corrected chi connectivity index (χ3v) is 4.00. The minimum Gasteiger partial charge on any atom is -0.453 e. The number of ether oxygens (including phenoxy) is 1. The van der Waals surface area contributed by atoms with Crippen LogP contribution in [0.3, 0.4) is 0 Å². The second kappa shape index (κ2) is 7.78. The summed E-state index contributed by atoms with van der Waals surface area (Å²) in [6.45, 7) is 1.89. The van der Waals surface area contributed by atoms with Crippen LogP contribution < -0.4 is 10.9 Å². The van der Waals surface area contributed by atoms with Crippen molar-refractivity contribution in [1.82, 2.24) is 19.7 Å². The average molecular weight is 407 g/mol. The highest BCUT2D eigenvalue weighted by molar-refractivity contribution is 5.84. The number of halogens is 3. The van der Waals surface area contributed by atoms with E-state index in [0.717, 1.165) is 4.68 Å². The molecule has 0 radical (unpaired) electrons. The number of nitrogens with zero attached hydrogens (tertiary/aromatic N) is 3. The molecule has 0 saturated heterocycles. The number of aromatic amines is 1. The van der Waals surface area contributed by atoms with Crippen LogP contribution in [0, 0.1) is 0 Å². The molecule has 11 heteroatoms. The maximum Gasteiger partial charge on any atom is 0.435 e. The molecule has 0 saturated carbocycles. The van der Waals surface area contributed by atoms with Crippen LogP contribution in [0.15, 0.2) is 41.5 Å². The van der Waals surface area contributed by atoms with Gasteiger partial charge in [0, 0.05) is 30.6 Å². The summed E-state index contributed by atoms with van der Waals surface area (Å²) in [5.74, 6) is 0.158.